The van der Waals surface area contributed by atoms with Crippen molar-refractivity contribution in [3.63, 3.8) is 0 Å². The first-order chi connectivity index (χ1) is 9.18. The number of aliphatic carboxylic acids is 1. The van der Waals surface area contributed by atoms with Crippen LogP contribution >= 0.6 is 0 Å². The van der Waals surface area contributed by atoms with Crippen molar-refractivity contribution in [2.75, 3.05) is 0 Å². The summed E-state index contributed by atoms with van der Waals surface area (Å²) in [6, 6.07) is -0.678. The lowest BCUT2D eigenvalue weighted by atomic mass is 10.1. The molecule has 0 amide bonds. The first-order valence-electron chi connectivity index (χ1n) is 7.81. The van der Waals surface area contributed by atoms with Gasteiger partial charge in [0.25, 0.3) is 0 Å². The van der Waals surface area contributed by atoms with E-state index in [1.54, 1.807) is 0 Å². The first kappa shape index (κ1) is 18.2. The molecular formula is C16H31NO2. The molecule has 0 fully saturated rings. The summed E-state index contributed by atoms with van der Waals surface area (Å²) >= 11 is 0. The van der Waals surface area contributed by atoms with E-state index in [1.807, 2.05) is 0 Å². The van der Waals surface area contributed by atoms with E-state index in [-0.39, 0.29) is 0 Å². The molecule has 3 N–H and O–H groups in total. The zero-order valence-corrected chi connectivity index (χ0v) is 12.4. The van der Waals surface area contributed by atoms with Crippen LogP contribution in [0.15, 0.2) is 12.2 Å². The molecule has 0 aliphatic rings. The van der Waals surface area contributed by atoms with Crippen molar-refractivity contribution >= 4 is 5.97 Å². The number of hydrogen-bond acceptors (Lipinski definition) is 2. The van der Waals surface area contributed by atoms with Gasteiger partial charge in [-0.15, -0.1) is 0 Å². The van der Waals surface area contributed by atoms with Crippen LogP contribution in [0.1, 0.15) is 77.6 Å². The normalized spacial score (nSPS) is 12.9. The molecule has 3 heteroatoms. The Balaban J connectivity index is 3.18. The molecule has 0 rings (SSSR count). The molecule has 0 aromatic heterocycles. The summed E-state index contributed by atoms with van der Waals surface area (Å²) in [6.45, 7) is 2.24. The SMILES string of the molecule is CCCCCC/C=C\CCCCCCC(N)C(=O)O. The average Bonchev–Trinajstić information content (AvgIpc) is 2.39. The van der Waals surface area contributed by atoms with Crippen molar-refractivity contribution in [1.82, 2.24) is 0 Å². The largest absolute Gasteiger partial charge is 0.480 e. The summed E-state index contributed by atoms with van der Waals surface area (Å²) in [7, 11) is 0. The van der Waals surface area contributed by atoms with Crippen LogP contribution in [0, 0.1) is 0 Å². The maximum atomic E-state index is 10.5. The van der Waals surface area contributed by atoms with Crippen molar-refractivity contribution in [3.05, 3.63) is 12.2 Å². The molecule has 3 nitrogen and oxygen atoms in total. The molecule has 19 heavy (non-hydrogen) atoms. The third-order valence-corrected chi connectivity index (χ3v) is 3.34. The highest BCUT2D eigenvalue weighted by Crippen LogP contribution is 2.08. The Morgan fingerprint density at radius 2 is 1.53 bits per heavy atom. The lowest BCUT2D eigenvalue weighted by Gasteiger charge is -2.05. The fourth-order valence-corrected chi connectivity index (χ4v) is 2.03. The van der Waals surface area contributed by atoms with E-state index in [1.165, 1.54) is 44.9 Å². The van der Waals surface area contributed by atoms with Gasteiger partial charge in [0, 0.05) is 0 Å². The van der Waals surface area contributed by atoms with Crippen molar-refractivity contribution in [1.29, 1.82) is 0 Å². The Hall–Kier alpha value is -0.830. The molecule has 0 spiro atoms. The minimum absolute atomic E-state index is 0.600. The molecule has 0 bridgehead atoms. The Labute approximate surface area is 118 Å². The highest BCUT2D eigenvalue weighted by atomic mass is 16.4. The number of rotatable bonds is 13. The second-order valence-electron chi connectivity index (χ2n) is 5.26. The maximum Gasteiger partial charge on any atom is 0.320 e. The molecule has 112 valence electrons. The van der Waals surface area contributed by atoms with Crippen LogP contribution in [0.25, 0.3) is 0 Å². The van der Waals surface area contributed by atoms with Crippen molar-refractivity contribution in [3.8, 4) is 0 Å². The molecule has 0 radical (unpaired) electrons. The van der Waals surface area contributed by atoms with Crippen molar-refractivity contribution < 1.29 is 9.90 Å². The van der Waals surface area contributed by atoms with E-state index in [9.17, 15) is 4.79 Å². The number of hydrogen-bond donors (Lipinski definition) is 2. The van der Waals surface area contributed by atoms with Crippen LogP contribution in [0.2, 0.25) is 0 Å². The van der Waals surface area contributed by atoms with Crippen molar-refractivity contribution in [2.45, 2.75) is 83.6 Å². The molecular weight excluding hydrogens is 238 g/mol. The van der Waals surface area contributed by atoms with Gasteiger partial charge in [-0.25, -0.2) is 0 Å². The van der Waals surface area contributed by atoms with E-state index in [0.29, 0.717) is 6.42 Å². The number of carbonyl (C=O) groups is 1. The fraction of sp³-hybridized carbons (Fsp3) is 0.812. The Kier molecular flexibility index (Phi) is 13.0. The van der Waals surface area contributed by atoms with Gasteiger partial charge in [0.05, 0.1) is 0 Å². The van der Waals surface area contributed by atoms with Gasteiger partial charge in [0.15, 0.2) is 0 Å². The third-order valence-electron chi connectivity index (χ3n) is 3.34. The molecule has 0 saturated heterocycles. The van der Waals surface area contributed by atoms with Crippen LogP contribution < -0.4 is 5.73 Å². The second-order valence-corrected chi connectivity index (χ2v) is 5.26. The summed E-state index contributed by atoms with van der Waals surface area (Å²) in [6.07, 6.45) is 17.3. The van der Waals surface area contributed by atoms with Crippen LogP contribution in [0.4, 0.5) is 0 Å². The summed E-state index contributed by atoms with van der Waals surface area (Å²) in [5.74, 6) is -0.883. The van der Waals surface area contributed by atoms with Crippen LogP contribution in [-0.4, -0.2) is 17.1 Å². The van der Waals surface area contributed by atoms with Gasteiger partial charge in [-0.05, 0) is 32.1 Å². The smallest absolute Gasteiger partial charge is 0.320 e. The molecule has 0 heterocycles. The quantitative estimate of drug-likeness (QED) is 0.388. The topological polar surface area (TPSA) is 63.3 Å². The molecule has 1 unspecified atom stereocenters. The standard InChI is InChI=1S/C16H31NO2/c1-2-3-4-5-6-7-8-9-10-11-12-13-14-15(17)16(18)19/h7-8,15H,2-6,9-14,17H2,1H3,(H,18,19)/b8-7-. The number of carboxylic acids is 1. The lowest BCUT2D eigenvalue weighted by molar-refractivity contribution is -0.138. The van der Waals surface area contributed by atoms with Gasteiger partial charge in [-0.3, -0.25) is 4.79 Å². The van der Waals surface area contributed by atoms with E-state index < -0.39 is 12.0 Å². The predicted octanol–water partition coefficient (Wildman–Crippen LogP) is 4.27. The Morgan fingerprint density at radius 1 is 1.00 bits per heavy atom. The summed E-state index contributed by atoms with van der Waals surface area (Å²) < 4.78 is 0. The molecule has 0 aliphatic carbocycles. The van der Waals surface area contributed by atoms with E-state index in [4.69, 9.17) is 10.8 Å². The number of allylic oxidation sites excluding steroid dienone is 2. The van der Waals surface area contributed by atoms with Crippen LogP contribution in [0.3, 0.4) is 0 Å². The zero-order chi connectivity index (χ0) is 14.3. The minimum atomic E-state index is -0.883. The van der Waals surface area contributed by atoms with E-state index >= 15 is 0 Å². The van der Waals surface area contributed by atoms with Gasteiger partial charge in [-0.1, -0.05) is 57.6 Å². The lowest BCUT2D eigenvalue weighted by Crippen LogP contribution is -2.29. The molecule has 0 saturated carbocycles. The second kappa shape index (κ2) is 13.6. The van der Waals surface area contributed by atoms with Gasteiger partial charge < -0.3 is 10.8 Å². The minimum Gasteiger partial charge on any atom is -0.480 e. The molecule has 0 aromatic rings. The number of unbranched alkanes of at least 4 members (excludes halogenated alkanes) is 8. The van der Waals surface area contributed by atoms with Gasteiger partial charge >= 0.3 is 5.97 Å². The van der Waals surface area contributed by atoms with Crippen LogP contribution in [-0.2, 0) is 4.79 Å². The zero-order valence-electron chi connectivity index (χ0n) is 12.4. The van der Waals surface area contributed by atoms with E-state index in [2.05, 4.69) is 19.1 Å². The van der Waals surface area contributed by atoms with Gasteiger partial charge in [0.1, 0.15) is 6.04 Å². The number of carboxylic acid groups (broad SMARTS) is 1. The van der Waals surface area contributed by atoms with Crippen LogP contribution in [0.5, 0.6) is 0 Å². The average molecular weight is 269 g/mol. The third kappa shape index (κ3) is 13.4. The summed E-state index contributed by atoms with van der Waals surface area (Å²) in [5, 5.41) is 8.63. The summed E-state index contributed by atoms with van der Waals surface area (Å²) in [4.78, 5) is 10.5. The highest BCUT2D eigenvalue weighted by Gasteiger charge is 2.09. The van der Waals surface area contributed by atoms with Crippen molar-refractivity contribution in [2.24, 2.45) is 5.73 Å². The van der Waals surface area contributed by atoms with Gasteiger partial charge in [0.2, 0.25) is 0 Å². The first-order valence-corrected chi connectivity index (χ1v) is 7.81. The highest BCUT2D eigenvalue weighted by molar-refractivity contribution is 5.72. The predicted molar refractivity (Wildman–Crippen MR) is 81.2 cm³/mol. The molecule has 1 atom stereocenters. The number of nitrogens with two attached hydrogens (primary N) is 1. The molecule has 0 aliphatic heterocycles. The molecule has 0 aromatic carbocycles. The van der Waals surface area contributed by atoms with Gasteiger partial charge in [-0.2, -0.15) is 0 Å². The monoisotopic (exact) mass is 269 g/mol. The Bertz CT molecular complexity index is 239. The summed E-state index contributed by atoms with van der Waals surface area (Å²) in [5.41, 5.74) is 5.44. The fourth-order valence-electron chi connectivity index (χ4n) is 2.03. The Morgan fingerprint density at radius 3 is 2.05 bits per heavy atom. The van der Waals surface area contributed by atoms with E-state index in [0.717, 1.165) is 19.3 Å². The maximum absolute atomic E-state index is 10.5.